The molecular formula is C14H16F3N3O. The second-order valence-electron chi connectivity index (χ2n) is 5.16. The standard InChI is InChI=1S/C14H16F3N3O/c1-8-4-6-10(7-5-8)20-12(18)11(9(2)19-20)13(3,21)14(15,16)17/h4-7,21H,18H2,1-3H3/t13-/m0/s1. The van der Waals surface area contributed by atoms with E-state index in [0.717, 1.165) is 5.56 Å². The van der Waals surface area contributed by atoms with Crippen LogP contribution in [0.2, 0.25) is 0 Å². The summed E-state index contributed by atoms with van der Waals surface area (Å²) < 4.78 is 40.2. The number of aliphatic hydroxyl groups is 1. The van der Waals surface area contributed by atoms with E-state index in [2.05, 4.69) is 5.10 Å². The fourth-order valence-electron chi connectivity index (χ4n) is 2.17. The van der Waals surface area contributed by atoms with Crippen LogP contribution in [0, 0.1) is 13.8 Å². The van der Waals surface area contributed by atoms with Crippen molar-refractivity contribution in [3.8, 4) is 5.69 Å². The first-order chi connectivity index (χ1) is 9.55. The van der Waals surface area contributed by atoms with Crippen LogP contribution in [0.5, 0.6) is 0 Å². The van der Waals surface area contributed by atoms with E-state index in [1.54, 1.807) is 24.3 Å². The van der Waals surface area contributed by atoms with Gasteiger partial charge in [0.05, 0.1) is 16.9 Å². The Hall–Kier alpha value is -2.02. The van der Waals surface area contributed by atoms with Crippen LogP contribution in [0.25, 0.3) is 5.69 Å². The summed E-state index contributed by atoms with van der Waals surface area (Å²) in [4.78, 5) is 0. The van der Waals surface area contributed by atoms with Crippen molar-refractivity contribution >= 4 is 5.82 Å². The third-order valence-electron chi connectivity index (χ3n) is 3.41. The molecule has 0 saturated heterocycles. The first-order valence-corrected chi connectivity index (χ1v) is 6.27. The van der Waals surface area contributed by atoms with Crippen LogP contribution in [-0.4, -0.2) is 21.1 Å². The van der Waals surface area contributed by atoms with Gasteiger partial charge in [-0.1, -0.05) is 17.7 Å². The summed E-state index contributed by atoms with van der Waals surface area (Å²) in [6.45, 7) is 3.95. The molecule has 0 radical (unpaired) electrons. The molecular weight excluding hydrogens is 283 g/mol. The van der Waals surface area contributed by atoms with Crippen molar-refractivity contribution in [3.05, 3.63) is 41.1 Å². The molecule has 7 heteroatoms. The first-order valence-electron chi connectivity index (χ1n) is 6.27. The van der Waals surface area contributed by atoms with Gasteiger partial charge in [0.2, 0.25) is 0 Å². The van der Waals surface area contributed by atoms with Gasteiger partial charge in [-0.15, -0.1) is 0 Å². The number of nitrogen functional groups attached to an aromatic ring is 1. The number of anilines is 1. The van der Waals surface area contributed by atoms with E-state index in [4.69, 9.17) is 5.73 Å². The molecule has 0 spiro atoms. The Labute approximate surface area is 120 Å². The van der Waals surface area contributed by atoms with Crippen LogP contribution in [0.1, 0.15) is 23.7 Å². The smallest absolute Gasteiger partial charge is 0.383 e. The fourth-order valence-corrected chi connectivity index (χ4v) is 2.17. The minimum Gasteiger partial charge on any atom is -0.383 e. The molecule has 0 aliphatic carbocycles. The molecule has 4 nitrogen and oxygen atoms in total. The van der Waals surface area contributed by atoms with Crippen LogP contribution in [0.15, 0.2) is 24.3 Å². The third-order valence-corrected chi connectivity index (χ3v) is 3.41. The lowest BCUT2D eigenvalue weighted by atomic mass is 9.95. The molecule has 2 rings (SSSR count). The van der Waals surface area contributed by atoms with Gasteiger partial charge in [-0.3, -0.25) is 0 Å². The average molecular weight is 299 g/mol. The highest BCUT2D eigenvalue weighted by Crippen LogP contribution is 2.42. The Morgan fingerprint density at radius 2 is 1.67 bits per heavy atom. The van der Waals surface area contributed by atoms with Gasteiger partial charge in [0.1, 0.15) is 5.82 Å². The number of aryl methyl sites for hydroxylation is 2. The molecule has 0 bridgehead atoms. The van der Waals surface area contributed by atoms with Crippen molar-refractivity contribution in [2.75, 3.05) is 5.73 Å². The molecule has 0 unspecified atom stereocenters. The van der Waals surface area contributed by atoms with Crippen LogP contribution in [0.3, 0.4) is 0 Å². The average Bonchev–Trinajstić information content (AvgIpc) is 2.64. The van der Waals surface area contributed by atoms with Gasteiger partial charge >= 0.3 is 6.18 Å². The second kappa shape index (κ2) is 4.77. The molecule has 0 saturated carbocycles. The molecule has 2 aromatic rings. The number of benzene rings is 1. The molecule has 3 N–H and O–H groups in total. The van der Waals surface area contributed by atoms with E-state index in [0.29, 0.717) is 12.6 Å². The monoisotopic (exact) mass is 299 g/mol. The number of nitrogens with two attached hydrogens (primary N) is 1. The van der Waals surface area contributed by atoms with Crippen molar-refractivity contribution < 1.29 is 18.3 Å². The zero-order valence-corrected chi connectivity index (χ0v) is 11.9. The molecule has 0 fully saturated rings. The second-order valence-corrected chi connectivity index (χ2v) is 5.16. The SMILES string of the molecule is Cc1ccc(-n2nc(C)c([C@](C)(O)C(F)(F)F)c2N)cc1. The van der Waals surface area contributed by atoms with Crippen LogP contribution < -0.4 is 5.73 Å². The van der Waals surface area contributed by atoms with E-state index in [-0.39, 0.29) is 11.5 Å². The van der Waals surface area contributed by atoms with Gasteiger partial charge in [-0.2, -0.15) is 18.3 Å². The normalized spacial score (nSPS) is 15.0. The molecule has 21 heavy (non-hydrogen) atoms. The maximum Gasteiger partial charge on any atom is 0.421 e. The lowest BCUT2D eigenvalue weighted by Crippen LogP contribution is -2.40. The summed E-state index contributed by atoms with van der Waals surface area (Å²) in [5, 5.41) is 13.9. The number of hydrogen-bond acceptors (Lipinski definition) is 3. The minimum atomic E-state index is -4.84. The van der Waals surface area contributed by atoms with E-state index in [9.17, 15) is 18.3 Å². The highest BCUT2D eigenvalue weighted by Gasteiger charge is 2.54. The Bertz CT molecular complexity index is 657. The predicted octanol–water partition coefficient (Wildman–Crippen LogP) is 2.84. The van der Waals surface area contributed by atoms with Gasteiger partial charge < -0.3 is 10.8 Å². The highest BCUT2D eigenvalue weighted by molar-refractivity contribution is 5.53. The van der Waals surface area contributed by atoms with Crippen molar-refractivity contribution in [2.24, 2.45) is 0 Å². The van der Waals surface area contributed by atoms with Crippen molar-refractivity contribution in [2.45, 2.75) is 32.5 Å². The van der Waals surface area contributed by atoms with Gasteiger partial charge in [0.15, 0.2) is 5.60 Å². The van der Waals surface area contributed by atoms with Crippen LogP contribution in [0.4, 0.5) is 19.0 Å². The summed E-state index contributed by atoms with van der Waals surface area (Å²) in [5.74, 6) is -0.223. The summed E-state index contributed by atoms with van der Waals surface area (Å²) >= 11 is 0. The zero-order chi connectivity index (χ0) is 16.0. The summed E-state index contributed by atoms with van der Waals surface area (Å²) in [6, 6.07) is 7.00. The van der Waals surface area contributed by atoms with Crippen molar-refractivity contribution in [1.82, 2.24) is 9.78 Å². The number of rotatable bonds is 2. The predicted molar refractivity (Wildman–Crippen MR) is 73.1 cm³/mol. The van der Waals surface area contributed by atoms with Crippen LogP contribution >= 0.6 is 0 Å². The molecule has 1 heterocycles. The number of alkyl halides is 3. The Morgan fingerprint density at radius 1 is 1.14 bits per heavy atom. The molecule has 0 amide bonds. The van der Waals surface area contributed by atoms with Gasteiger partial charge in [-0.25, -0.2) is 4.68 Å². The number of aromatic nitrogens is 2. The molecule has 1 aromatic heterocycles. The first kappa shape index (κ1) is 15.4. The number of hydrogen-bond donors (Lipinski definition) is 2. The Morgan fingerprint density at radius 3 is 2.14 bits per heavy atom. The van der Waals surface area contributed by atoms with Gasteiger partial charge in [0, 0.05) is 0 Å². The van der Waals surface area contributed by atoms with E-state index >= 15 is 0 Å². The lowest BCUT2D eigenvalue weighted by molar-refractivity contribution is -0.258. The Balaban J connectivity index is 2.60. The van der Waals surface area contributed by atoms with Gasteiger partial charge in [0.25, 0.3) is 0 Å². The largest absolute Gasteiger partial charge is 0.421 e. The molecule has 1 atom stereocenters. The zero-order valence-electron chi connectivity index (χ0n) is 11.9. The molecule has 1 aromatic carbocycles. The Kier molecular flexibility index (Phi) is 3.49. The number of halogens is 3. The van der Waals surface area contributed by atoms with E-state index in [1.165, 1.54) is 11.6 Å². The summed E-state index contributed by atoms with van der Waals surface area (Å²) in [6.07, 6.45) is -4.84. The molecule has 0 aliphatic heterocycles. The summed E-state index contributed by atoms with van der Waals surface area (Å²) in [7, 11) is 0. The molecule has 114 valence electrons. The van der Waals surface area contributed by atoms with Crippen LogP contribution in [-0.2, 0) is 5.60 Å². The van der Waals surface area contributed by atoms with Crippen molar-refractivity contribution in [1.29, 1.82) is 0 Å². The van der Waals surface area contributed by atoms with Gasteiger partial charge in [-0.05, 0) is 32.9 Å². The van der Waals surface area contributed by atoms with E-state index in [1.807, 2.05) is 6.92 Å². The fraction of sp³-hybridized carbons (Fsp3) is 0.357. The lowest BCUT2D eigenvalue weighted by Gasteiger charge is -2.26. The third kappa shape index (κ3) is 2.49. The molecule has 0 aliphatic rings. The highest BCUT2D eigenvalue weighted by atomic mass is 19.4. The quantitative estimate of drug-likeness (QED) is 0.896. The maximum absolute atomic E-state index is 13.0. The van der Waals surface area contributed by atoms with Crippen molar-refractivity contribution in [3.63, 3.8) is 0 Å². The minimum absolute atomic E-state index is 0.0374. The maximum atomic E-state index is 13.0. The summed E-state index contributed by atoms with van der Waals surface area (Å²) in [5.41, 5.74) is 3.90. The topological polar surface area (TPSA) is 64.1 Å². The van der Waals surface area contributed by atoms with E-state index < -0.39 is 17.3 Å². The number of nitrogens with zero attached hydrogens (tertiary/aromatic N) is 2.